The van der Waals surface area contributed by atoms with Gasteiger partial charge in [-0.25, -0.2) is 0 Å². The Morgan fingerprint density at radius 3 is 2.30 bits per heavy atom. The molecule has 0 aromatic heterocycles. The molecule has 0 radical (unpaired) electrons. The van der Waals surface area contributed by atoms with Crippen LogP contribution in [0.25, 0.3) is 0 Å². The number of rotatable bonds is 5. The third-order valence-electron chi connectivity index (χ3n) is 3.60. The third-order valence-corrected chi connectivity index (χ3v) is 3.60. The minimum absolute atomic E-state index is 0.175. The van der Waals surface area contributed by atoms with E-state index in [4.69, 9.17) is 0 Å². The van der Waals surface area contributed by atoms with E-state index in [1.165, 1.54) is 29.6 Å². The van der Waals surface area contributed by atoms with E-state index in [0.717, 1.165) is 18.5 Å². The van der Waals surface area contributed by atoms with Gasteiger partial charge in [0.15, 0.2) is 0 Å². The van der Waals surface area contributed by atoms with E-state index in [1.807, 2.05) is 19.2 Å². The Morgan fingerprint density at radius 1 is 1.15 bits per heavy atom. The molecule has 0 bridgehead atoms. The Kier molecular flexibility index (Phi) is 6.06. The van der Waals surface area contributed by atoms with Gasteiger partial charge in [-0.2, -0.15) is 0 Å². The highest BCUT2D eigenvalue weighted by Crippen LogP contribution is 2.33. The maximum atomic E-state index is 3.99. The van der Waals surface area contributed by atoms with Crippen molar-refractivity contribution in [3.8, 4) is 0 Å². The van der Waals surface area contributed by atoms with Gasteiger partial charge in [-0.3, -0.25) is 0 Å². The lowest BCUT2D eigenvalue weighted by Gasteiger charge is -2.22. The second-order valence-corrected chi connectivity index (χ2v) is 6.40. The van der Waals surface area contributed by atoms with Crippen molar-refractivity contribution in [1.29, 1.82) is 0 Å². The van der Waals surface area contributed by atoms with Crippen molar-refractivity contribution < 1.29 is 0 Å². The number of hydrogen-bond acceptors (Lipinski definition) is 1. The van der Waals surface area contributed by atoms with Gasteiger partial charge in [0.25, 0.3) is 0 Å². The van der Waals surface area contributed by atoms with Crippen molar-refractivity contribution in [2.45, 2.75) is 46.5 Å². The molecule has 0 atom stereocenters. The predicted molar refractivity (Wildman–Crippen MR) is 90.6 cm³/mol. The molecular formula is C19H29N. The zero-order valence-electron chi connectivity index (χ0n) is 13.6. The van der Waals surface area contributed by atoms with E-state index in [0.29, 0.717) is 0 Å². The van der Waals surface area contributed by atoms with Gasteiger partial charge in [0.2, 0.25) is 0 Å². The molecule has 0 saturated heterocycles. The molecule has 1 aliphatic rings. The minimum Gasteiger partial charge on any atom is -0.388 e. The first kappa shape index (κ1) is 16.6. The lowest BCUT2D eigenvalue weighted by molar-refractivity contribution is 0.543. The van der Waals surface area contributed by atoms with Crippen LogP contribution in [-0.4, -0.2) is 7.05 Å². The summed E-state index contributed by atoms with van der Waals surface area (Å²) in [6.07, 6.45) is 13.2. The first-order chi connectivity index (χ1) is 9.42. The van der Waals surface area contributed by atoms with Crippen LogP contribution >= 0.6 is 0 Å². The zero-order valence-corrected chi connectivity index (χ0v) is 13.6. The van der Waals surface area contributed by atoms with Crippen LogP contribution in [0.5, 0.6) is 0 Å². The van der Waals surface area contributed by atoms with E-state index < -0.39 is 0 Å². The molecule has 0 amide bonds. The molecule has 0 heterocycles. The molecule has 0 spiro atoms. The summed E-state index contributed by atoms with van der Waals surface area (Å²) in [5, 5.41) is 3.27. The zero-order chi connectivity index (χ0) is 15.2. The Balaban J connectivity index is 3.35. The van der Waals surface area contributed by atoms with Crippen LogP contribution in [0.3, 0.4) is 0 Å². The molecular weight excluding hydrogens is 242 g/mol. The molecule has 1 N–H and O–H groups in total. The fraction of sp³-hybridized carbons (Fsp3) is 0.474. The van der Waals surface area contributed by atoms with Crippen molar-refractivity contribution in [3.05, 3.63) is 59.9 Å². The van der Waals surface area contributed by atoms with E-state index >= 15 is 0 Å². The maximum Gasteiger partial charge on any atom is 0.0408 e. The largest absolute Gasteiger partial charge is 0.388 e. The van der Waals surface area contributed by atoms with Crippen molar-refractivity contribution in [2.24, 2.45) is 5.41 Å². The second-order valence-electron chi connectivity index (χ2n) is 6.40. The molecule has 1 heteroatoms. The highest BCUT2D eigenvalue weighted by Gasteiger charge is 2.16. The van der Waals surface area contributed by atoms with Crippen molar-refractivity contribution in [1.82, 2.24) is 5.32 Å². The summed E-state index contributed by atoms with van der Waals surface area (Å²) in [6, 6.07) is 0. The van der Waals surface area contributed by atoms with E-state index in [1.54, 1.807) is 0 Å². The maximum absolute atomic E-state index is 3.99. The Bertz CT molecular complexity index is 453. The fourth-order valence-corrected chi connectivity index (χ4v) is 2.49. The normalized spacial score (nSPS) is 18.0. The molecule has 0 saturated carbocycles. The number of likely N-dealkylation sites (N-methyl/N-ethyl adjacent to an activating group) is 1. The molecule has 0 fully saturated rings. The van der Waals surface area contributed by atoms with Crippen LogP contribution in [0.1, 0.15) is 46.5 Å². The monoisotopic (exact) mass is 271 g/mol. The van der Waals surface area contributed by atoms with Crippen molar-refractivity contribution >= 4 is 0 Å². The Morgan fingerprint density at radius 2 is 1.80 bits per heavy atom. The molecule has 1 aliphatic carbocycles. The molecule has 110 valence electrons. The molecule has 0 aromatic rings. The average molecular weight is 271 g/mol. The van der Waals surface area contributed by atoms with Crippen LogP contribution in [0.4, 0.5) is 0 Å². The summed E-state index contributed by atoms with van der Waals surface area (Å²) in [5.74, 6) is 0. The van der Waals surface area contributed by atoms with Crippen molar-refractivity contribution in [2.75, 3.05) is 7.05 Å². The van der Waals surface area contributed by atoms with Crippen LogP contribution in [0.2, 0.25) is 0 Å². The third kappa shape index (κ3) is 4.56. The smallest absolute Gasteiger partial charge is 0.0408 e. The van der Waals surface area contributed by atoms with Gasteiger partial charge in [0.1, 0.15) is 0 Å². The molecule has 1 nitrogen and oxygen atoms in total. The number of nitrogens with one attached hydrogen (secondary N) is 1. The van der Waals surface area contributed by atoms with Gasteiger partial charge in [-0.15, -0.1) is 0 Å². The molecule has 0 aliphatic heterocycles. The van der Waals surface area contributed by atoms with Gasteiger partial charge in [-0.05, 0) is 48.3 Å². The van der Waals surface area contributed by atoms with Gasteiger partial charge < -0.3 is 5.32 Å². The summed E-state index contributed by atoms with van der Waals surface area (Å²) in [5.41, 5.74) is 5.36. The Hall–Kier alpha value is -1.50. The number of allylic oxidation sites excluding steroid dienone is 7. The summed E-state index contributed by atoms with van der Waals surface area (Å²) >= 11 is 0. The van der Waals surface area contributed by atoms with Crippen LogP contribution in [0.15, 0.2) is 59.9 Å². The van der Waals surface area contributed by atoms with Crippen molar-refractivity contribution in [3.63, 3.8) is 0 Å². The van der Waals surface area contributed by atoms with Gasteiger partial charge in [0.05, 0.1) is 0 Å². The standard InChI is InChI=1S/C19H29N/c1-7-15-11-9-10-12-16(15)17(18(8-2)20-6)13-14-19(3,4)5/h7-8,13-14,20H,1-2,9-12H2,3-6H3/b14-13-,18-17-. The molecule has 0 aromatic carbocycles. The highest BCUT2D eigenvalue weighted by molar-refractivity contribution is 5.51. The SMILES string of the molecule is C=CC1=C(C(/C=C\C(C)(C)C)=C(/C=C)NC)CCCC1. The summed E-state index contributed by atoms with van der Waals surface area (Å²) < 4.78 is 0. The molecule has 1 rings (SSSR count). The number of hydrogen-bond donors (Lipinski definition) is 1. The lowest BCUT2D eigenvalue weighted by Crippen LogP contribution is -2.11. The van der Waals surface area contributed by atoms with Crippen LogP contribution in [0, 0.1) is 5.41 Å². The molecule has 20 heavy (non-hydrogen) atoms. The summed E-state index contributed by atoms with van der Waals surface area (Å²) in [6.45, 7) is 14.6. The van der Waals surface area contributed by atoms with Gasteiger partial charge in [-0.1, -0.05) is 52.2 Å². The highest BCUT2D eigenvalue weighted by atomic mass is 14.8. The van der Waals surface area contributed by atoms with Crippen LogP contribution < -0.4 is 5.32 Å². The van der Waals surface area contributed by atoms with E-state index in [2.05, 4.69) is 51.4 Å². The predicted octanol–water partition coefficient (Wildman–Crippen LogP) is 5.30. The van der Waals surface area contributed by atoms with Crippen LogP contribution in [-0.2, 0) is 0 Å². The quantitative estimate of drug-likeness (QED) is 0.669. The van der Waals surface area contributed by atoms with E-state index in [-0.39, 0.29) is 5.41 Å². The fourth-order valence-electron chi connectivity index (χ4n) is 2.49. The summed E-state index contributed by atoms with van der Waals surface area (Å²) in [4.78, 5) is 0. The van der Waals surface area contributed by atoms with E-state index in [9.17, 15) is 0 Å². The Labute approximate surface area is 124 Å². The lowest BCUT2D eigenvalue weighted by atomic mass is 9.84. The molecule has 0 unspecified atom stereocenters. The second kappa shape index (κ2) is 7.33. The van der Waals surface area contributed by atoms with Gasteiger partial charge in [0, 0.05) is 18.3 Å². The van der Waals surface area contributed by atoms with Gasteiger partial charge >= 0.3 is 0 Å². The first-order valence-corrected chi connectivity index (χ1v) is 7.51. The summed E-state index contributed by atoms with van der Waals surface area (Å²) in [7, 11) is 1.96. The first-order valence-electron chi connectivity index (χ1n) is 7.51. The average Bonchev–Trinajstić information content (AvgIpc) is 2.42. The minimum atomic E-state index is 0.175. The topological polar surface area (TPSA) is 12.0 Å².